The van der Waals surface area contributed by atoms with Crippen molar-refractivity contribution in [2.24, 2.45) is 7.05 Å². The molecule has 1 aliphatic rings. The quantitative estimate of drug-likeness (QED) is 0.735. The average Bonchev–Trinajstić information content (AvgIpc) is 3.23. The van der Waals surface area contributed by atoms with E-state index in [9.17, 15) is 4.79 Å². The van der Waals surface area contributed by atoms with Crippen molar-refractivity contribution in [3.8, 4) is 0 Å². The number of aromatic nitrogens is 6. The van der Waals surface area contributed by atoms with Crippen LogP contribution in [0.15, 0.2) is 12.5 Å². The van der Waals surface area contributed by atoms with E-state index in [-0.39, 0.29) is 5.91 Å². The van der Waals surface area contributed by atoms with E-state index in [1.165, 1.54) is 25.6 Å². The molecule has 3 rings (SSSR count). The molecule has 1 amide bonds. The van der Waals surface area contributed by atoms with Crippen LogP contribution in [0.2, 0.25) is 0 Å². The average molecular weight is 332 g/mol. The van der Waals surface area contributed by atoms with E-state index in [1.54, 1.807) is 15.6 Å². The van der Waals surface area contributed by atoms with E-state index in [0.717, 1.165) is 25.3 Å². The lowest BCUT2D eigenvalue weighted by atomic mass is 10.0. The fourth-order valence-electron chi connectivity index (χ4n) is 2.90. The van der Waals surface area contributed by atoms with Crippen LogP contribution in [0.5, 0.6) is 0 Å². The van der Waals surface area contributed by atoms with Gasteiger partial charge in [0.15, 0.2) is 5.69 Å². The van der Waals surface area contributed by atoms with Crippen LogP contribution in [0, 0.1) is 0 Å². The molecule has 2 aromatic rings. The van der Waals surface area contributed by atoms with Gasteiger partial charge in [0.2, 0.25) is 0 Å². The number of amides is 1. The van der Waals surface area contributed by atoms with E-state index in [1.807, 2.05) is 7.05 Å². The van der Waals surface area contributed by atoms with Crippen molar-refractivity contribution < 1.29 is 4.79 Å². The number of nitrogens with one attached hydrogen (secondary N) is 2. The number of piperidine rings is 1. The normalized spacial score (nSPS) is 17.8. The van der Waals surface area contributed by atoms with Gasteiger partial charge < -0.3 is 10.6 Å². The zero-order chi connectivity index (χ0) is 16.8. The van der Waals surface area contributed by atoms with Crippen LogP contribution in [0.4, 0.5) is 0 Å². The molecule has 1 aliphatic heterocycles. The molecule has 1 fully saturated rings. The SMILES string of the molecule is Cn1ncnc1CCNC(=O)c1cn(CCC2CCCCN2)nn1. The van der Waals surface area contributed by atoms with E-state index in [0.29, 0.717) is 24.7 Å². The summed E-state index contributed by atoms with van der Waals surface area (Å²) in [4.78, 5) is 16.2. The maximum Gasteiger partial charge on any atom is 0.273 e. The van der Waals surface area contributed by atoms with Gasteiger partial charge in [0.25, 0.3) is 5.91 Å². The minimum absolute atomic E-state index is 0.209. The van der Waals surface area contributed by atoms with E-state index in [2.05, 4.69) is 31.0 Å². The third kappa shape index (κ3) is 4.38. The maximum absolute atomic E-state index is 12.1. The molecule has 0 bridgehead atoms. The fourth-order valence-corrected chi connectivity index (χ4v) is 2.90. The van der Waals surface area contributed by atoms with Crippen molar-refractivity contribution in [2.75, 3.05) is 13.1 Å². The van der Waals surface area contributed by atoms with Crippen molar-refractivity contribution in [3.05, 3.63) is 24.0 Å². The summed E-state index contributed by atoms with van der Waals surface area (Å²) in [6, 6.07) is 0.548. The van der Waals surface area contributed by atoms with Crippen molar-refractivity contribution >= 4 is 5.91 Å². The number of carbonyl (C=O) groups excluding carboxylic acids is 1. The Bertz CT molecular complexity index is 658. The lowest BCUT2D eigenvalue weighted by molar-refractivity contribution is 0.0949. The first kappa shape index (κ1) is 16.6. The number of carbonyl (C=O) groups is 1. The number of aryl methyl sites for hydroxylation is 2. The first-order valence-corrected chi connectivity index (χ1v) is 8.47. The Kier molecular flexibility index (Phi) is 5.52. The van der Waals surface area contributed by atoms with Crippen LogP contribution in [-0.4, -0.2) is 54.8 Å². The summed E-state index contributed by atoms with van der Waals surface area (Å²) in [5.41, 5.74) is 0.351. The highest BCUT2D eigenvalue weighted by Crippen LogP contribution is 2.10. The van der Waals surface area contributed by atoms with Gasteiger partial charge in [-0.3, -0.25) is 14.2 Å². The summed E-state index contributed by atoms with van der Waals surface area (Å²) in [7, 11) is 1.83. The largest absolute Gasteiger partial charge is 0.350 e. The van der Waals surface area contributed by atoms with E-state index < -0.39 is 0 Å². The molecule has 0 saturated carbocycles. The Balaban J connectivity index is 1.42. The lowest BCUT2D eigenvalue weighted by Crippen LogP contribution is -2.34. The van der Waals surface area contributed by atoms with Gasteiger partial charge in [-0.1, -0.05) is 11.6 Å². The van der Waals surface area contributed by atoms with Crippen molar-refractivity contribution in [1.29, 1.82) is 0 Å². The van der Waals surface area contributed by atoms with Crippen LogP contribution in [0.25, 0.3) is 0 Å². The molecule has 9 heteroatoms. The minimum atomic E-state index is -0.209. The summed E-state index contributed by atoms with van der Waals surface area (Å²) in [6.45, 7) is 2.36. The Morgan fingerprint density at radius 1 is 1.46 bits per heavy atom. The van der Waals surface area contributed by atoms with Crippen LogP contribution < -0.4 is 10.6 Å². The van der Waals surface area contributed by atoms with Crippen LogP contribution in [0.1, 0.15) is 42.0 Å². The lowest BCUT2D eigenvalue weighted by Gasteiger charge is -2.23. The molecule has 0 spiro atoms. The van der Waals surface area contributed by atoms with Crippen LogP contribution >= 0.6 is 0 Å². The summed E-state index contributed by atoms with van der Waals surface area (Å²) in [5.74, 6) is 0.623. The highest BCUT2D eigenvalue weighted by Gasteiger charge is 2.14. The molecule has 3 heterocycles. The molecule has 2 aromatic heterocycles. The summed E-state index contributed by atoms with van der Waals surface area (Å²) >= 11 is 0. The molecule has 2 N–H and O–H groups in total. The summed E-state index contributed by atoms with van der Waals surface area (Å²) in [6.07, 6.45) is 8.61. The van der Waals surface area contributed by atoms with Gasteiger partial charge in [-0.25, -0.2) is 4.98 Å². The van der Waals surface area contributed by atoms with Gasteiger partial charge in [-0.05, 0) is 25.8 Å². The first-order chi connectivity index (χ1) is 11.7. The molecule has 1 atom stereocenters. The standard InChI is InChI=1S/C15H24N8O/c1-22-14(18-11-19-22)5-8-17-15(24)13-10-23(21-20-13)9-6-12-4-2-3-7-16-12/h10-12,16H,2-9H2,1H3,(H,17,24). The molecule has 130 valence electrons. The summed E-state index contributed by atoms with van der Waals surface area (Å²) < 4.78 is 3.44. The Labute approximate surface area is 140 Å². The van der Waals surface area contributed by atoms with Crippen molar-refractivity contribution in [2.45, 2.75) is 44.7 Å². The zero-order valence-corrected chi connectivity index (χ0v) is 14.0. The molecule has 24 heavy (non-hydrogen) atoms. The molecule has 1 saturated heterocycles. The topological polar surface area (TPSA) is 103 Å². The second kappa shape index (κ2) is 8.00. The van der Waals surface area contributed by atoms with Gasteiger partial charge in [-0.15, -0.1) is 5.10 Å². The Hall–Kier alpha value is -2.29. The third-order valence-electron chi connectivity index (χ3n) is 4.33. The maximum atomic E-state index is 12.1. The highest BCUT2D eigenvalue weighted by atomic mass is 16.2. The first-order valence-electron chi connectivity index (χ1n) is 8.47. The number of nitrogens with zero attached hydrogens (tertiary/aromatic N) is 6. The minimum Gasteiger partial charge on any atom is -0.350 e. The predicted octanol–water partition coefficient (Wildman–Crippen LogP) is -0.0887. The van der Waals surface area contributed by atoms with Crippen molar-refractivity contribution in [3.63, 3.8) is 0 Å². The Morgan fingerprint density at radius 2 is 2.38 bits per heavy atom. The molecule has 1 unspecified atom stereocenters. The molecule has 9 nitrogen and oxygen atoms in total. The number of hydrogen-bond donors (Lipinski definition) is 2. The van der Waals surface area contributed by atoms with Gasteiger partial charge in [0, 0.05) is 32.6 Å². The van der Waals surface area contributed by atoms with Crippen LogP contribution in [0.3, 0.4) is 0 Å². The molecule has 0 radical (unpaired) electrons. The zero-order valence-electron chi connectivity index (χ0n) is 14.0. The monoisotopic (exact) mass is 332 g/mol. The van der Waals surface area contributed by atoms with Crippen LogP contribution in [-0.2, 0) is 20.0 Å². The molecular formula is C15H24N8O. The van der Waals surface area contributed by atoms with E-state index >= 15 is 0 Å². The van der Waals surface area contributed by atoms with Gasteiger partial charge in [-0.2, -0.15) is 5.10 Å². The Morgan fingerprint density at radius 3 is 3.12 bits per heavy atom. The van der Waals surface area contributed by atoms with E-state index in [4.69, 9.17) is 0 Å². The predicted molar refractivity (Wildman–Crippen MR) is 87.3 cm³/mol. The smallest absolute Gasteiger partial charge is 0.273 e. The van der Waals surface area contributed by atoms with Gasteiger partial charge >= 0.3 is 0 Å². The second-order valence-electron chi connectivity index (χ2n) is 6.11. The highest BCUT2D eigenvalue weighted by molar-refractivity contribution is 5.91. The number of rotatable bonds is 7. The molecule has 0 aliphatic carbocycles. The third-order valence-corrected chi connectivity index (χ3v) is 4.33. The molecular weight excluding hydrogens is 308 g/mol. The second-order valence-corrected chi connectivity index (χ2v) is 6.11. The van der Waals surface area contributed by atoms with Gasteiger partial charge in [0.05, 0.1) is 6.20 Å². The van der Waals surface area contributed by atoms with Gasteiger partial charge in [0.1, 0.15) is 12.2 Å². The fraction of sp³-hybridized carbons (Fsp3) is 0.667. The van der Waals surface area contributed by atoms with Crippen molar-refractivity contribution in [1.82, 2.24) is 40.4 Å². The summed E-state index contributed by atoms with van der Waals surface area (Å²) in [5, 5.41) is 18.3. The molecule has 0 aromatic carbocycles. The number of hydrogen-bond acceptors (Lipinski definition) is 6.